The molecule has 2 rings (SSSR count). The number of hydrogen-bond donors (Lipinski definition) is 0. The van der Waals surface area contributed by atoms with Crippen LogP contribution in [0.25, 0.3) is 0 Å². The molecule has 1 aliphatic rings. The predicted molar refractivity (Wildman–Crippen MR) is 109 cm³/mol. The Morgan fingerprint density at radius 3 is 2.46 bits per heavy atom. The number of carbonyl (C=O) groups excluding carboxylic acids is 1. The number of hydrogen-bond acceptors (Lipinski definition) is 6. The molecule has 1 atom stereocenters. The second-order valence-electron chi connectivity index (χ2n) is 5.89. The van der Waals surface area contributed by atoms with Gasteiger partial charge in [-0.25, -0.2) is 9.79 Å². The van der Waals surface area contributed by atoms with Crippen molar-refractivity contribution in [2.75, 3.05) is 13.7 Å². The molecule has 1 aromatic carbocycles. The standard InChI is InChI=1S/C17H18N2O5.C4H8/c1-4-15(23-3)11(2)9-13-10-18-16(24-17(13)20)12-5-7-14(8-6-12)19(21)22;1-3-4-2/h4-9,11H,10H2,1-3H3;3H,1,4H2,2H3/b13-9+,15-4+;. The van der Waals surface area contributed by atoms with Crippen LogP contribution in [0, 0.1) is 16.0 Å². The van der Waals surface area contributed by atoms with Crippen molar-refractivity contribution in [1.82, 2.24) is 0 Å². The molecule has 0 amide bonds. The summed E-state index contributed by atoms with van der Waals surface area (Å²) in [6.07, 6.45) is 6.55. The summed E-state index contributed by atoms with van der Waals surface area (Å²) in [6, 6.07) is 5.70. The maximum absolute atomic E-state index is 12.1. The van der Waals surface area contributed by atoms with Crippen LogP contribution in [0.2, 0.25) is 0 Å². The van der Waals surface area contributed by atoms with Gasteiger partial charge in [-0.3, -0.25) is 10.1 Å². The topological polar surface area (TPSA) is 91.0 Å². The van der Waals surface area contributed by atoms with Gasteiger partial charge in [-0.05, 0) is 31.6 Å². The number of esters is 1. The van der Waals surface area contributed by atoms with E-state index in [1.807, 2.05) is 26.0 Å². The summed E-state index contributed by atoms with van der Waals surface area (Å²) in [4.78, 5) is 26.6. The minimum absolute atomic E-state index is 0.0330. The van der Waals surface area contributed by atoms with Crippen LogP contribution in [-0.4, -0.2) is 30.4 Å². The van der Waals surface area contributed by atoms with Gasteiger partial charge in [0.15, 0.2) is 0 Å². The molecule has 0 N–H and O–H groups in total. The number of nitrogens with zero attached hydrogens (tertiary/aromatic N) is 2. The Balaban J connectivity index is 0.000000892. The van der Waals surface area contributed by atoms with Crippen LogP contribution in [0.3, 0.4) is 0 Å². The van der Waals surface area contributed by atoms with E-state index < -0.39 is 10.9 Å². The third-order valence-corrected chi connectivity index (χ3v) is 3.88. The first-order valence-corrected chi connectivity index (χ1v) is 8.91. The molecular weight excluding hydrogens is 360 g/mol. The van der Waals surface area contributed by atoms with Crippen molar-refractivity contribution in [1.29, 1.82) is 0 Å². The molecule has 0 radical (unpaired) electrons. The molecule has 0 saturated carbocycles. The number of cyclic esters (lactones) is 1. The number of rotatable bonds is 6. The lowest BCUT2D eigenvalue weighted by atomic mass is 10.0. The Morgan fingerprint density at radius 2 is 2.04 bits per heavy atom. The zero-order chi connectivity index (χ0) is 21.1. The highest BCUT2D eigenvalue weighted by Crippen LogP contribution is 2.20. The molecule has 0 spiro atoms. The van der Waals surface area contributed by atoms with Gasteiger partial charge in [0.2, 0.25) is 5.90 Å². The fraction of sp³-hybridized carbons (Fsp3) is 0.333. The molecule has 0 saturated heterocycles. The van der Waals surface area contributed by atoms with E-state index in [0.717, 1.165) is 12.2 Å². The maximum Gasteiger partial charge on any atom is 0.342 e. The van der Waals surface area contributed by atoms with E-state index in [1.165, 1.54) is 24.3 Å². The van der Waals surface area contributed by atoms with Crippen LogP contribution < -0.4 is 0 Å². The molecule has 1 aromatic rings. The molecule has 150 valence electrons. The maximum atomic E-state index is 12.1. The molecule has 7 nitrogen and oxygen atoms in total. The lowest BCUT2D eigenvalue weighted by Gasteiger charge is -2.17. The predicted octanol–water partition coefficient (Wildman–Crippen LogP) is 4.59. The zero-order valence-electron chi connectivity index (χ0n) is 16.7. The van der Waals surface area contributed by atoms with E-state index >= 15 is 0 Å². The number of aliphatic imine (C=N–C) groups is 1. The number of carbonyl (C=O) groups is 1. The van der Waals surface area contributed by atoms with E-state index in [-0.39, 0.29) is 24.0 Å². The minimum atomic E-state index is -0.491. The molecule has 1 aliphatic heterocycles. The summed E-state index contributed by atoms with van der Waals surface area (Å²) in [6.45, 7) is 9.50. The lowest BCUT2D eigenvalue weighted by Crippen LogP contribution is -2.23. The second kappa shape index (κ2) is 11.5. The van der Waals surface area contributed by atoms with Crippen molar-refractivity contribution < 1.29 is 19.2 Å². The number of benzene rings is 1. The normalized spacial score (nSPS) is 16.3. The highest BCUT2D eigenvalue weighted by molar-refractivity contribution is 6.07. The van der Waals surface area contributed by atoms with Gasteiger partial charge in [-0.2, -0.15) is 0 Å². The Morgan fingerprint density at radius 1 is 1.43 bits per heavy atom. The summed E-state index contributed by atoms with van der Waals surface area (Å²) in [7, 11) is 1.58. The van der Waals surface area contributed by atoms with Crippen molar-refractivity contribution in [2.24, 2.45) is 10.9 Å². The molecule has 7 heteroatoms. The summed E-state index contributed by atoms with van der Waals surface area (Å²) in [5.74, 6) is 0.369. The van der Waals surface area contributed by atoms with Crippen molar-refractivity contribution in [3.63, 3.8) is 0 Å². The van der Waals surface area contributed by atoms with Gasteiger partial charge in [-0.15, -0.1) is 6.58 Å². The number of nitro groups is 1. The molecule has 0 aromatic heterocycles. The Bertz CT molecular complexity index is 792. The number of ether oxygens (including phenoxy) is 2. The number of non-ortho nitro benzene ring substituents is 1. The summed E-state index contributed by atoms with van der Waals surface area (Å²) >= 11 is 0. The largest absolute Gasteiger partial charge is 0.501 e. The van der Waals surface area contributed by atoms with Gasteiger partial charge < -0.3 is 9.47 Å². The Hall–Kier alpha value is -3.22. The van der Waals surface area contributed by atoms with Gasteiger partial charge in [-0.1, -0.05) is 26.0 Å². The number of nitro benzene ring substituents is 1. The van der Waals surface area contributed by atoms with Crippen LogP contribution in [0.1, 0.15) is 32.8 Å². The average molecular weight is 386 g/mol. The monoisotopic (exact) mass is 386 g/mol. The van der Waals surface area contributed by atoms with Gasteiger partial charge >= 0.3 is 5.97 Å². The lowest BCUT2D eigenvalue weighted by molar-refractivity contribution is -0.384. The van der Waals surface area contributed by atoms with Gasteiger partial charge in [0, 0.05) is 23.6 Å². The minimum Gasteiger partial charge on any atom is -0.501 e. The van der Waals surface area contributed by atoms with Crippen LogP contribution in [0.4, 0.5) is 5.69 Å². The Labute approximate surface area is 165 Å². The molecule has 1 heterocycles. The third-order valence-electron chi connectivity index (χ3n) is 3.88. The van der Waals surface area contributed by atoms with Crippen LogP contribution in [0.15, 0.2) is 65.4 Å². The van der Waals surface area contributed by atoms with E-state index in [0.29, 0.717) is 11.1 Å². The second-order valence-corrected chi connectivity index (χ2v) is 5.89. The Kier molecular flexibility index (Phi) is 9.36. The first-order valence-electron chi connectivity index (χ1n) is 8.91. The van der Waals surface area contributed by atoms with Crippen molar-refractivity contribution in [3.05, 3.63) is 76.1 Å². The quantitative estimate of drug-likeness (QED) is 0.178. The molecule has 0 bridgehead atoms. The number of methoxy groups -OCH3 is 1. The van der Waals surface area contributed by atoms with Crippen molar-refractivity contribution in [2.45, 2.75) is 27.2 Å². The summed E-state index contributed by atoms with van der Waals surface area (Å²) in [5, 5.41) is 10.7. The smallest absolute Gasteiger partial charge is 0.342 e. The van der Waals surface area contributed by atoms with E-state index in [4.69, 9.17) is 9.47 Å². The highest BCUT2D eigenvalue weighted by atomic mass is 16.6. The van der Waals surface area contributed by atoms with Gasteiger partial charge in [0.1, 0.15) is 0 Å². The zero-order valence-corrected chi connectivity index (χ0v) is 16.7. The molecule has 1 unspecified atom stereocenters. The van der Waals surface area contributed by atoms with E-state index in [1.54, 1.807) is 13.2 Å². The van der Waals surface area contributed by atoms with Gasteiger partial charge in [0.05, 0.1) is 29.9 Å². The highest BCUT2D eigenvalue weighted by Gasteiger charge is 2.23. The fourth-order valence-electron chi connectivity index (χ4n) is 2.35. The average Bonchev–Trinajstić information content (AvgIpc) is 2.70. The van der Waals surface area contributed by atoms with E-state index in [9.17, 15) is 14.9 Å². The first kappa shape index (κ1) is 22.8. The SMILES string of the molecule is C/C=C(/OC)C(C)/C=C1\CN=C(c2ccc([N+](=O)[O-])cc2)OC1=O.C=CCC. The first-order chi connectivity index (χ1) is 13.4. The number of allylic oxidation sites excluding steroid dienone is 3. The molecular formula is C21H26N2O5. The molecule has 0 aliphatic carbocycles. The van der Waals surface area contributed by atoms with Crippen molar-refractivity contribution in [3.8, 4) is 0 Å². The van der Waals surface area contributed by atoms with Crippen molar-refractivity contribution >= 4 is 17.6 Å². The van der Waals surface area contributed by atoms with E-state index in [2.05, 4.69) is 18.5 Å². The van der Waals surface area contributed by atoms with Crippen LogP contribution >= 0.6 is 0 Å². The molecule has 28 heavy (non-hydrogen) atoms. The molecule has 0 fully saturated rings. The fourth-order valence-corrected chi connectivity index (χ4v) is 2.35. The third kappa shape index (κ3) is 6.50. The van der Waals surface area contributed by atoms with Crippen LogP contribution in [0.5, 0.6) is 0 Å². The summed E-state index contributed by atoms with van der Waals surface area (Å²) in [5.41, 5.74) is 0.936. The van der Waals surface area contributed by atoms with Gasteiger partial charge in [0.25, 0.3) is 5.69 Å². The summed E-state index contributed by atoms with van der Waals surface area (Å²) < 4.78 is 10.5. The van der Waals surface area contributed by atoms with Crippen LogP contribution in [-0.2, 0) is 14.3 Å².